The van der Waals surface area contributed by atoms with E-state index in [-0.39, 0.29) is 23.4 Å². The number of carbonyl (C=O) groups excluding carboxylic acids is 3. The van der Waals surface area contributed by atoms with E-state index in [0.29, 0.717) is 25.8 Å². The summed E-state index contributed by atoms with van der Waals surface area (Å²) in [7, 11) is 0. The summed E-state index contributed by atoms with van der Waals surface area (Å²) in [4.78, 5) is 34.9. The molecule has 0 fully saturated rings. The molecule has 0 aromatic heterocycles. The Morgan fingerprint density at radius 1 is 0.722 bits per heavy atom. The van der Waals surface area contributed by atoms with Crippen molar-refractivity contribution in [2.75, 3.05) is 12.3 Å². The Kier molecular flexibility index (Phi) is 23.7. The van der Waals surface area contributed by atoms with E-state index in [1.807, 2.05) is 6.08 Å². The zero-order valence-electron chi connectivity index (χ0n) is 22.2. The molecule has 0 aliphatic heterocycles. The number of amides is 2. The van der Waals surface area contributed by atoms with E-state index in [1.165, 1.54) is 6.92 Å². The Hall–Kier alpha value is -2.60. The van der Waals surface area contributed by atoms with Crippen LogP contribution < -0.4 is 10.6 Å². The molecular weight excluding hydrogens is 468 g/mol. The molecule has 200 valence electrons. The van der Waals surface area contributed by atoms with Gasteiger partial charge in [-0.1, -0.05) is 79.8 Å². The molecule has 0 saturated heterocycles. The van der Waals surface area contributed by atoms with Crippen LogP contribution in [0.1, 0.15) is 78.1 Å². The van der Waals surface area contributed by atoms with Gasteiger partial charge in [0.05, 0.1) is 0 Å². The minimum Gasteiger partial charge on any atom is -0.354 e. The van der Waals surface area contributed by atoms with Crippen molar-refractivity contribution in [3.63, 3.8) is 0 Å². The molecule has 0 radical (unpaired) electrons. The molecule has 2 N–H and O–H groups in total. The standard InChI is InChI=1S/C30H46N2O3S/c1-3-4-5-6-7-8-9-10-11-12-13-14-15-16-17-18-19-20-21-23-28(34)24-22-25-31-30(35)29(26-36)32-27(2)33/h4-5,7-8,10-11,13-14,16-17,19-20,29,36H,3,6,9,12,15,18,21-26H2,1-2H3,(H,31,35)(H,32,33)/b5-4-,8-7-,11-10-,14-13-,17-16-,20-19-/t29-/m0/s1. The molecule has 6 heteroatoms. The first kappa shape index (κ1) is 33.4. The molecule has 0 aromatic carbocycles. The van der Waals surface area contributed by atoms with Gasteiger partial charge in [0.2, 0.25) is 11.8 Å². The van der Waals surface area contributed by atoms with Gasteiger partial charge in [-0.2, -0.15) is 12.6 Å². The number of rotatable bonds is 21. The van der Waals surface area contributed by atoms with Crippen molar-refractivity contribution in [3.05, 3.63) is 72.9 Å². The van der Waals surface area contributed by atoms with Gasteiger partial charge in [-0.25, -0.2) is 0 Å². The van der Waals surface area contributed by atoms with E-state index >= 15 is 0 Å². The van der Waals surface area contributed by atoms with Crippen LogP contribution in [0.5, 0.6) is 0 Å². The van der Waals surface area contributed by atoms with Crippen molar-refractivity contribution >= 4 is 30.2 Å². The predicted octanol–water partition coefficient (Wildman–Crippen LogP) is 6.36. The molecule has 0 heterocycles. The van der Waals surface area contributed by atoms with Gasteiger partial charge in [-0.3, -0.25) is 14.4 Å². The first-order valence-corrected chi connectivity index (χ1v) is 13.7. The van der Waals surface area contributed by atoms with E-state index in [9.17, 15) is 14.4 Å². The minimum absolute atomic E-state index is 0.191. The molecule has 36 heavy (non-hydrogen) atoms. The highest BCUT2D eigenvalue weighted by Gasteiger charge is 2.16. The summed E-state index contributed by atoms with van der Waals surface area (Å²) >= 11 is 4.07. The topological polar surface area (TPSA) is 75.3 Å². The average molecular weight is 515 g/mol. The third-order valence-electron chi connectivity index (χ3n) is 4.99. The molecule has 0 saturated carbocycles. The summed E-state index contributed by atoms with van der Waals surface area (Å²) in [5.74, 6) is -0.119. The first-order valence-electron chi connectivity index (χ1n) is 13.1. The zero-order valence-corrected chi connectivity index (χ0v) is 23.1. The normalized spacial score (nSPS) is 13.2. The number of hydrogen-bond donors (Lipinski definition) is 3. The molecule has 0 aliphatic rings. The van der Waals surface area contributed by atoms with Crippen molar-refractivity contribution in [2.24, 2.45) is 0 Å². The molecule has 1 atom stereocenters. The molecule has 0 aromatic rings. The summed E-state index contributed by atoms with van der Waals surface area (Å²) in [5, 5.41) is 5.28. The third-order valence-corrected chi connectivity index (χ3v) is 5.36. The van der Waals surface area contributed by atoms with E-state index in [1.54, 1.807) is 0 Å². The smallest absolute Gasteiger partial charge is 0.243 e. The van der Waals surface area contributed by atoms with E-state index in [4.69, 9.17) is 0 Å². The van der Waals surface area contributed by atoms with Crippen LogP contribution in [0.4, 0.5) is 0 Å². The lowest BCUT2D eigenvalue weighted by atomic mass is 10.1. The quantitative estimate of drug-likeness (QED) is 0.0947. The molecule has 0 bridgehead atoms. The summed E-state index contributed by atoms with van der Waals surface area (Å²) in [6.07, 6.45) is 34.1. The van der Waals surface area contributed by atoms with Gasteiger partial charge in [-0.05, 0) is 51.4 Å². The van der Waals surface area contributed by atoms with Crippen LogP contribution in [0.15, 0.2) is 72.9 Å². The highest BCUT2D eigenvalue weighted by molar-refractivity contribution is 7.80. The third kappa shape index (κ3) is 23.2. The summed E-state index contributed by atoms with van der Waals surface area (Å²) < 4.78 is 0. The molecule has 0 unspecified atom stereocenters. The maximum absolute atomic E-state index is 12.0. The number of thiol groups is 1. The number of nitrogens with one attached hydrogen (secondary N) is 2. The summed E-state index contributed by atoms with van der Waals surface area (Å²) in [5.41, 5.74) is 0. The minimum atomic E-state index is -0.644. The number of hydrogen-bond acceptors (Lipinski definition) is 4. The fourth-order valence-electron chi connectivity index (χ4n) is 3.07. The second-order valence-electron chi connectivity index (χ2n) is 8.32. The van der Waals surface area contributed by atoms with Gasteiger partial charge in [0, 0.05) is 32.1 Å². The van der Waals surface area contributed by atoms with E-state index < -0.39 is 6.04 Å². The van der Waals surface area contributed by atoms with Gasteiger partial charge in [0.15, 0.2) is 0 Å². The fraction of sp³-hybridized carbons (Fsp3) is 0.500. The molecule has 0 spiro atoms. The van der Waals surface area contributed by atoms with Crippen LogP contribution in [-0.4, -0.2) is 35.9 Å². The van der Waals surface area contributed by atoms with Gasteiger partial charge in [-0.15, -0.1) is 0 Å². The summed E-state index contributed by atoms with van der Waals surface area (Å²) in [6.45, 7) is 3.92. The predicted molar refractivity (Wildman–Crippen MR) is 156 cm³/mol. The van der Waals surface area contributed by atoms with Gasteiger partial charge < -0.3 is 10.6 Å². The van der Waals surface area contributed by atoms with E-state index in [2.05, 4.69) is 97.0 Å². The average Bonchev–Trinajstić information content (AvgIpc) is 2.86. The second-order valence-corrected chi connectivity index (χ2v) is 8.69. The highest BCUT2D eigenvalue weighted by atomic mass is 32.1. The zero-order chi connectivity index (χ0) is 26.7. The van der Waals surface area contributed by atoms with Crippen molar-refractivity contribution in [3.8, 4) is 0 Å². The molecular formula is C30H46N2O3S. The first-order chi connectivity index (χ1) is 17.5. The lowest BCUT2D eigenvalue weighted by molar-refractivity contribution is -0.127. The van der Waals surface area contributed by atoms with Gasteiger partial charge in [0.1, 0.15) is 11.8 Å². The lowest BCUT2D eigenvalue weighted by Crippen LogP contribution is -2.47. The lowest BCUT2D eigenvalue weighted by Gasteiger charge is -2.15. The van der Waals surface area contributed by atoms with Crippen LogP contribution in [0.2, 0.25) is 0 Å². The van der Waals surface area contributed by atoms with Crippen molar-refractivity contribution in [1.29, 1.82) is 0 Å². The second kappa shape index (κ2) is 25.5. The number of Topliss-reactive ketones (excluding diaryl/α,β-unsaturated/α-hetero) is 1. The highest BCUT2D eigenvalue weighted by Crippen LogP contribution is 2.01. The van der Waals surface area contributed by atoms with Crippen LogP contribution in [0.25, 0.3) is 0 Å². The number of carbonyl (C=O) groups is 3. The monoisotopic (exact) mass is 514 g/mol. The Balaban J connectivity index is 3.72. The Morgan fingerprint density at radius 2 is 1.19 bits per heavy atom. The van der Waals surface area contributed by atoms with Crippen molar-refractivity contribution in [2.45, 2.75) is 84.1 Å². The van der Waals surface area contributed by atoms with Crippen LogP contribution >= 0.6 is 12.6 Å². The Morgan fingerprint density at radius 3 is 1.64 bits per heavy atom. The van der Waals surface area contributed by atoms with Crippen LogP contribution in [-0.2, 0) is 14.4 Å². The molecule has 2 amide bonds. The Bertz CT molecular complexity index is 779. The Labute approximate surface area is 224 Å². The van der Waals surface area contributed by atoms with Crippen molar-refractivity contribution in [1.82, 2.24) is 10.6 Å². The van der Waals surface area contributed by atoms with Gasteiger partial charge >= 0.3 is 0 Å². The van der Waals surface area contributed by atoms with Crippen LogP contribution in [0.3, 0.4) is 0 Å². The number of ketones is 1. The molecule has 5 nitrogen and oxygen atoms in total. The van der Waals surface area contributed by atoms with Crippen LogP contribution in [0, 0.1) is 0 Å². The molecule has 0 rings (SSSR count). The summed E-state index contributed by atoms with van der Waals surface area (Å²) in [6, 6.07) is -0.644. The maximum atomic E-state index is 12.0. The fourth-order valence-corrected chi connectivity index (χ4v) is 3.33. The van der Waals surface area contributed by atoms with E-state index in [0.717, 1.165) is 44.9 Å². The number of allylic oxidation sites excluding steroid dienone is 12. The van der Waals surface area contributed by atoms with Crippen molar-refractivity contribution < 1.29 is 14.4 Å². The maximum Gasteiger partial charge on any atom is 0.243 e. The molecule has 0 aliphatic carbocycles. The SMILES string of the molecule is CC/C=C\C/C=C\C/C=C\C/C=C\C/C=C\C/C=C\CCC(=O)CCCNC(=O)[C@H](CS)NC(C)=O. The largest absolute Gasteiger partial charge is 0.354 e. The van der Waals surface area contributed by atoms with Gasteiger partial charge in [0.25, 0.3) is 0 Å².